The zero-order valence-electron chi connectivity index (χ0n) is 22.3. The van der Waals surface area contributed by atoms with Crippen molar-refractivity contribution in [2.24, 2.45) is 0 Å². The molecule has 2 N–H and O–H groups in total. The van der Waals surface area contributed by atoms with Crippen LogP contribution in [0.1, 0.15) is 29.3 Å². The Hall–Kier alpha value is -3.75. The molecule has 1 aliphatic heterocycles. The molecule has 7 nitrogen and oxygen atoms in total. The van der Waals surface area contributed by atoms with Crippen molar-refractivity contribution in [3.63, 3.8) is 0 Å². The Labute approximate surface area is 223 Å². The molecule has 1 fully saturated rings. The van der Waals surface area contributed by atoms with E-state index in [4.69, 9.17) is 4.98 Å². The van der Waals surface area contributed by atoms with Gasteiger partial charge in [0.25, 0.3) is 0 Å². The molecule has 198 valence electrons. The predicted molar refractivity (Wildman–Crippen MR) is 150 cm³/mol. The van der Waals surface area contributed by atoms with E-state index in [-0.39, 0.29) is 11.8 Å². The molecule has 38 heavy (non-hydrogen) atoms. The van der Waals surface area contributed by atoms with Crippen molar-refractivity contribution in [3.05, 3.63) is 89.0 Å². The van der Waals surface area contributed by atoms with E-state index in [1.165, 1.54) is 17.7 Å². The molecule has 0 aliphatic carbocycles. The molecule has 0 unspecified atom stereocenters. The molecule has 2 aromatic heterocycles. The van der Waals surface area contributed by atoms with E-state index >= 15 is 0 Å². The van der Waals surface area contributed by atoms with E-state index in [0.717, 1.165) is 66.3 Å². The first kappa shape index (κ1) is 25.9. The van der Waals surface area contributed by atoms with Gasteiger partial charge in [0.15, 0.2) is 0 Å². The summed E-state index contributed by atoms with van der Waals surface area (Å²) in [4.78, 5) is 22.5. The number of nitrogens with zero attached hydrogens (tertiary/aromatic N) is 4. The van der Waals surface area contributed by atoms with Crippen LogP contribution in [0.5, 0.6) is 0 Å². The monoisotopic (exact) mass is 514 g/mol. The molecule has 4 aromatic rings. The Morgan fingerprint density at radius 3 is 2.34 bits per heavy atom. The van der Waals surface area contributed by atoms with Crippen LogP contribution in [0.15, 0.2) is 60.8 Å². The second-order valence-electron chi connectivity index (χ2n) is 10.1. The number of anilines is 1. The van der Waals surface area contributed by atoms with Gasteiger partial charge >= 0.3 is 6.03 Å². The molecule has 0 atom stereocenters. The summed E-state index contributed by atoms with van der Waals surface area (Å²) < 4.78 is 15.1. The fraction of sp³-hybridized carbons (Fsp3) is 0.333. The molecule has 1 aliphatic rings. The summed E-state index contributed by atoms with van der Waals surface area (Å²) in [5.74, 6) is 0.364. The van der Waals surface area contributed by atoms with Crippen LogP contribution in [0.4, 0.5) is 15.0 Å². The summed E-state index contributed by atoms with van der Waals surface area (Å²) in [7, 11) is 2.18. The molecule has 2 aromatic carbocycles. The Balaban J connectivity index is 1.34. The third-order valence-corrected chi connectivity index (χ3v) is 7.20. The molecule has 1 saturated heterocycles. The third kappa shape index (κ3) is 5.87. The lowest BCUT2D eigenvalue weighted by Crippen LogP contribution is -2.43. The van der Waals surface area contributed by atoms with Crippen LogP contribution in [0.2, 0.25) is 0 Å². The number of aryl methyl sites for hydroxylation is 2. The predicted octanol–water partition coefficient (Wildman–Crippen LogP) is 5.08. The van der Waals surface area contributed by atoms with E-state index in [0.29, 0.717) is 18.8 Å². The highest BCUT2D eigenvalue weighted by molar-refractivity contribution is 5.90. The average molecular weight is 515 g/mol. The standard InChI is InChI=1S/C30H35FN6O/c1-4-27-29(34-30(38)32-18-22-7-11-26(31)12-8-22)37-20-25(17-21(2)28(37)33-27)24-9-5-23(6-10-24)19-36-15-13-35(3)14-16-36/h5-12,17,20H,4,13-16,18-19H2,1-3H3,(H2,32,34,38). The molecule has 8 heteroatoms. The number of benzene rings is 2. The highest BCUT2D eigenvalue weighted by Gasteiger charge is 2.17. The number of fused-ring (bicyclic) bond motifs is 1. The number of hydrogen-bond donors (Lipinski definition) is 2. The lowest BCUT2D eigenvalue weighted by molar-refractivity contribution is 0.148. The Morgan fingerprint density at radius 2 is 1.66 bits per heavy atom. The summed E-state index contributed by atoms with van der Waals surface area (Å²) in [6, 6.07) is 16.7. The van der Waals surface area contributed by atoms with Gasteiger partial charge in [-0.15, -0.1) is 0 Å². The number of hydrogen-bond acceptors (Lipinski definition) is 4. The fourth-order valence-corrected chi connectivity index (χ4v) is 4.90. The smallest absolute Gasteiger partial charge is 0.320 e. The Bertz CT molecular complexity index is 1410. The number of aromatic nitrogens is 2. The maximum atomic E-state index is 13.2. The van der Waals surface area contributed by atoms with E-state index in [1.54, 1.807) is 12.1 Å². The average Bonchev–Trinajstić information content (AvgIpc) is 3.28. The molecule has 2 amide bonds. The quantitative estimate of drug-likeness (QED) is 0.361. The van der Waals surface area contributed by atoms with Gasteiger partial charge in [-0.25, -0.2) is 14.2 Å². The number of halogens is 1. The van der Waals surface area contributed by atoms with Gasteiger partial charge in [-0.1, -0.05) is 43.3 Å². The van der Waals surface area contributed by atoms with E-state index in [1.807, 2.05) is 24.4 Å². The molecule has 0 spiro atoms. The highest BCUT2D eigenvalue weighted by Crippen LogP contribution is 2.28. The van der Waals surface area contributed by atoms with Crippen LogP contribution >= 0.6 is 0 Å². The van der Waals surface area contributed by atoms with Crippen LogP contribution in [-0.4, -0.2) is 58.4 Å². The van der Waals surface area contributed by atoms with Crippen molar-refractivity contribution in [1.29, 1.82) is 0 Å². The SMILES string of the molecule is CCc1nc2c(C)cc(-c3ccc(CN4CCN(C)CC4)cc3)cn2c1NC(=O)NCc1ccc(F)cc1. The fourth-order valence-electron chi connectivity index (χ4n) is 4.90. The number of imidazole rings is 1. The van der Waals surface area contributed by atoms with E-state index < -0.39 is 0 Å². The van der Waals surface area contributed by atoms with Gasteiger partial charge in [0, 0.05) is 45.5 Å². The molecule has 0 saturated carbocycles. The second kappa shape index (κ2) is 11.3. The number of amides is 2. The van der Waals surface area contributed by atoms with Crippen molar-refractivity contribution < 1.29 is 9.18 Å². The first-order valence-corrected chi connectivity index (χ1v) is 13.2. The van der Waals surface area contributed by atoms with Crippen molar-refractivity contribution in [1.82, 2.24) is 24.5 Å². The highest BCUT2D eigenvalue weighted by atomic mass is 19.1. The van der Waals surface area contributed by atoms with Gasteiger partial charge < -0.3 is 10.2 Å². The van der Waals surface area contributed by atoms with Crippen LogP contribution in [0.3, 0.4) is 0 Å². The maximum absolute atomic E-state index is 13.2. The Morgan fingerprint density at radius 1 is 0.974 bits per heavy atom. The van der Waals surface area contributed by atoms with E-state index in [9.17, 15) is 9.18 Å². The lowest BCUT2D eigenvalue weighted by atomic mass is 10.0. The normalized spacial score (nSPS) is 14.6. The van der Waals surface area contributed by atoms with Gasteiger partial charge in [-0.3, -0.25) is 14.6 Å². The van der Waals surface area contributed by atoms with Crippen molar-refractivity contribution in [2.75, 3.05) is 38.5 Å². The molecule has 0 radical (unpaired) electrons. The molecule has 3 heterocycles. The summed E-state index contributed by atoms with van der Waals surface area (Å²) >= 11 is 0. The minimum Gasteiger partial charge on any atom is -0.334 e. The lowest BCUT2D eigenvalue weighted by Gasteiger charge is -2.32. The summed E-state index contributed by atoms with van der Waals surface area (Å²) in [6.07, 6.45) is 2.73. The zero-order valence-corrected chi connectivity index (χ0v) is 22.3. The van der Waals surface area contributed by atoms with E-state index in [2.05, 4.69) is 57.8 Å². The van der Waals surface area contributed by atoms with Crippen LogP contribution in [0.25, 0.3) is 16.8 Å². The number of rotatable bonds is 7. The Kier molecular flexibility index (Phi) is 7.72. The third-order valence-electron chi connectivity index (χ3n) is 7.20. The maximum Gasteiger partial charge on any atom is 0.320 e. The molecular weight excluding hydrogens is 479 g/mol. The number of pyridine rings is 1. The van der Waals surface area contributed by atoms with Crippen LogP contribution < -0.4 is 10.6 Å². The van der Waals surface area contributed by atoms with Crippen LogP contribution in [0, 0.1) is 12.7 Å². The second-order valence-corrected chi connectivity index (χ2v) is 10.1. The number of carbonyl (C=O) groups is 1. The molecular formula is C30H35FN6O. The number of likely N-dealkylation sites (N-methyl/N-ethyl adjacent to an activating group) is 1. The summed E-state index contributed by atoms with van der Waals surface area (Å²) in [5, 5.41) is 5.85. The van der Waals surface area contributed by atoms with Crippen LogP contribution in [-0.2, 0) is 19.5 Å². The number of carbonyl (C=O) groups excluding carboxylic acids is 1. The topological polar surface area (TPSA) is 64.9 Å². The molecule has 5 rings (SSSR count). The van der Waals surface area contributed by atoms with Crippen molar-refractivity contribution in [3.8, 4) is 11.1 Å². The van der Waals surface area contributed by atoms with Crippen molar-refractivity contribution >= 4 is 17.5 Å². The minimum atomic E-state index is -0.331. The van der Waals surface area contributed by atoms with Gasteiger partial charge in [-0.05, 0) is 66.4 Å². The zero-order chi connectivity index (χ0) is 26.6. The summed E-state index contributed by atoms with van der Waals surface area (Å²) in [6.45, 7) is 9.77. The van der Waals surface area contributed by atoms with Crippen molar-refractivity contribution in [2.45, 2.75) is 33.4 Å². The number of nitrogens with one attached hydrogen (secondary N) is 2. The van der Waals surface area contributed by atoms with Gasteiger partial charge in [0.1, 0.15) is 17.3 Å². The van der Waals surface area contributed by atoms with Gasteiger partial charge in [0.05, 0.1) is 5.69 Å². The molecule has 0 bridgehead atoms. The van der Waals surface area contributed by atoms with Gasteiger partial charge in [0.2, 0.25) is 0 Å². The largest absolute Gasteiger partial charge is 0.334 e. The first-order valence-electron chi connectivity index (χ1n) is 13.2. The summed E-state index contributed by atoms with van der Waals surface area (Å²) in [5.41, 5.74) is 7.01. The number of piperazine rings is 1. The van der Waals surface area contributed by atoms with Gasteiger partial charge in [-0.2, -0.15) is 0 Å². The number of urea groups is 1. The first-order chi connectivity index (χ1) is 18.4. The minimum absolute atomic E-state index is 0.299.